The molecule has 21 heavy (non-hydrogen) atoms. The number of nitrogens with zero attached hydrogens (tertiary/aromatic N) is 2. The van der Waals surface area contributed by atoms with Gasteiger partial charge in [0.1, 0.15) is 11.6 Å². The molecule has 2 aromatic heterocycles. The Kier molecular flexibility index (Phi) is 2.88. The van der Waals surface area contributed by atoms with Crippen LogP contribution < -0.4 is 5.32 Å². The van der Waals surface area contributed by atoms with Gasteiger partial charge in [-0.05, 0) is 42.5 Å². The quantitative estimate of drug-likeness (QED) is 0.754. The van der Waals surface area contributed by atoms with E-state index in [9.17, 15) is 0 Å². The number of fused-ring (bicyclic) bond motifs is 2. The highest BCUT2D eigenvalue weighted by Crippen LogP contribution is 2.35. The van der Waals surface area contributed by atoms with Gasteiger partial charge in [-0.3, -0.25) is 0 Å². The minimum atomic E-state index is 0.363. The summed E-state index contributed by atoms with van der Waals surface area (Å²) in [7, 11) is 1.87. The highest BCUT2D eigenvalue weighted by molar-refractivity contribution is 5.73. The molecular formula is C17H18N4. The van der Waals surface area contributed by atoms with Gasteiger partial charge < -0.3 is 10.3 Å². The van der Waals surface area contributed by atoms with Gasteiger partial charge >= 0.3 is 0 Å². The van der Waals surface area contributed by atoms with Crippen molar-refractivity contribution in [3.63, 3.8) is 0 Å². The third kappa shape index (κ3) is 2.07. The maximum Gasteiger partial charge on any atom is 0.179 e. The Hall–Kier alpha value is -2.36. The predicted molar refractivity (Wildman–Crippen MR) is 84.7 cm³/mol. The molecule has 4 rings (SSSR count). The number of aromatic amines is 1. The number of pyridine rings is 1. The van der Waals surface area contributed by atoms with Crippen molar-refractivity contribution >= 4 is 17.0 Å². The highest BCUT2D eigenvalue weighted by atomic mass is 15.0. The van der Waals surface area contributed by atoms with Crippen molar-refractivity contribution in [2.24, 2.45) is 0 Å². The first kappa shape index (κ1) is 12.4. The van der Waals surface area contributed by atoms with Gasteiger partial charge in [0, 0.05) is 13.0 Å². The molecule has 4 nitrogen and oxygen atoms in total. The van der Waals surface area contributed by atoms with Crippen molar-refractivity contribution in [1.29, 1.82) is 0 Å². The molecule has 0 bridgehead atoms. The molecule has 0 aliphatic heterocycles. The summed E-state index contributed by atoms with van der Waals surface area (Å²) in [5, 5.41) is 3.06. The zero-order chi connectivity index (χ0) is 14.2. The van der Waals surface area contributed by atoms with Crippen LogP contribution >= 0.6 is 0 Å². The van der Waals surface area contributed by atoms with E-state index in [1.54, 1.807) is 0 Å². The van der Waals surface area contributed by atoms with Gasteiger partial charge in [-0.1, -0.05) is 24.3 Å². The van der Waals surface area contributed by atoms with Crippen molar-refractivity contribution in [3.05, 3.63) is 53.3 Å². The van der Waals surface area contributed by atoms with Crippen LogP contribution in [0.1, 0.15) is 35.7 Å². The second-order valence-corrected chi connectivity index (χ2v) is 5.58. The summed E-state index contributed by atoms with van der Waals surface area (Å²) in [5.74, 6) is 2.25. The SMILES string of the molecule is CNc1ccc2[nH]c(C3CCCc4ccccc43)nc2n1. The van der Waals surface area contributed by atoms with E-state index in [4.69, 9.17) is 4.98 Å². The van der Waals surface area contributed by atoms with Crippen LogP contribution in [-0.4, -0.2) is 22.0 Å². The van der Waals surface area contributed by atoms with E-state index in [2.05, 4.69) is 39.6 Å². The van der Waals surface area contributed by atoms with Crippen LogP contribution in [0.25, 0.3) is 11.2 Å². The molecule has 0 saturated heterocycles. The molecule has 4 heteroatoms. The number of nitrogens with one attached hydrogen (secondary N) is 2. The van der Waals surface area contributed by atoms with Crippen molar-refractivity contribution < 1.29 is 0 Å². The molecule has 1 aliphatic rings. The molecule has 1 aliphatic carbocycles. The first-order chi connectivity index (χ1) is 10.3. The summed E-state index contributed by atoms with van der Waals surface area (Å²) in [5.41, 5.74) is 4.67. The van der Waals surface area contributed by atoms with E-state index >= 15 is 0 Å². The minimum absolute atomic E-state index is 0.363. The molecule has 0 spiro atoms. The Balaban J connectivity index is 1.80. The molecule has 1 atom stereocenters. The normalized spacial score (nSPS) is 17.7. The van der Waals surface area contributed by atoms with Crippen LogP contribution in [0, 0.1) is 0 Å². The molecule has 1 unspecified atom stereocenters. The fourth-order valence-electron chi connectivity index (χ4n) is 3.25. The van der Waals surface area contributed by atoms with Crippen LogP contribution in [0.4, 0.5) is 5.82 Å². The highest BCUT2D eigenvalue weighted by Gasteiger charge is 2.24. The fourth-order valence-corrected chi connectivity index (χ4v) is 3.25. The summed E-state index contributed by atoms with van der Waals surface area (Å²) < 4.78 is 0. The first-order valence-electron chi connectivity index (χ1n) is 7.47. The summed E-state index contributed by atoms with van der Waals surface area (Å²) in [4.78, 5) is 12.7. The van der Waals surface area contributed by atoms with E-state index in [0.717, 1.165) is 29.2 Å². The summed E-state index contributed by atoms with van der Waals surface area (Å²) >= 11 is 0. The molecule has 3 aromatic rings. The summed E-state index contributed by atoms with van der Waals surface area (Å²) in [6.45, 7) is 0. The number of H-pyrrole nitrogens is 1. The lowest BCUT2D eigenvalue weighted by Gasteiger charge is -2.23. The molecule has 1 aromatic carbocycles. The van der Waals surface area contributed by atoms with Gasteiger partial charge in [0.25, 0.3) is 0 Å². The molecule has 2 N–H and O–H groups in total. The average molecular weight is 278 g/mol. The van der Waals surface area contributed by atoms with E-state index in [-0.39, 0.29) is 0 Å². The number of hydrogen-bond donors (Lipinski definition) is 2. The Morgan fingerprint density at radius 2 is 2.05 bits per heavy atom. The first-order valence-corrected chi connectivity index (χ1v) is 7.47. The topological polar surface area (TPSA) is 53.6 Å². The average Bonchev–Trinajstić information content (AvgIpc) is 2.97. The lowest BCUT2D eigenvalue weighted by Crippen LogP contribution is -2.12. The van der Waals surface area contributed by atoms with Crippen molar-refractivity contribution in [1.82, 2.24) is 15.0 Å². The van der Waals surface area contributed by atoms with Gasteiger partial charge in [0.05, 0.1) is 5.52 Å². The fraction of sp³-hybridized carbons (Fsp3) is 0.294. The monoisotopic (exact) mass is 278 g/mol. The zero-order valence-electron chi connectivity index (χ0n) is 12.1. The molecular weight excluding hydrogens is 260 g/mol. The van der Waals surface area contributed by atoms with E-state index in [1.807, 2.05) is 19.2 Å². The number of rotatable bonds is 2. The maximum atomic E-state index is 4.74. The number of benzene rings is 1. The van der Waals surface area contributed by atoms with Gasteiger partial charge in [0.15, 0.2) is 5.65 Å². The lowest BCUT2D eigenvalue weighted by molar-refractivity contribution is 0.596. The van der Waals surface area contributed by atoms with Gasteiger partial charge in [-0.15, -0.1) is 0 Å². The van der Waals surface area contributed by atoms with Crippen LogP contribution in [0.3, 0.4) is 0 Å². The Labute approximate surface area is 123 Å². The van der Waals surface area contributed by atoms with Crippen LogP contribution in [0.2, 0.25) is 0 Å². The largest absolute Gasteiger partial charge is 0.373 e. The Bertz CT molecular complexity index is 790. The van der Waals surface area contributed by atoms with E-state index in [1.165, 1.54) is 24.0 Å². The Morgan fingerprint density at radius 1 is 1.14 bits per heavy atom. The van der Waals surface area contributed by atoms with Gasteiger partial charge in [-0.25, -0.2) is 9.97 Å². The molecule has 0 amide bonds. The van der Waals surface area contributed by atoms with Crippen molar-refractivity contribution in [2.45, 2.75) is 25.2 Å². The van der Waals surface area contributed by atoms with Crippen LogP contribution in [0.5, 0.6) is 0 Å². The van der Waals surface area contributed by atoms with Crippen LogP contribution in [-0.2, 0) is 6.42 Å². The molecule has 106 valence electrons. The standard InChI is InChI=1S/C17H18N4/c1-18-15-10-9-14-17(20-15)21-16(19-14)13-8-4-6-11-5-2-3-7-12(11)13/h2-3,5,7,9-10,13H,4,6,8H2,1H3,(H2,18,19,20,21). The van der Waals surface area contributed by atoms with E-state index < -0.39 is 0 Å². The van der Waals surface area contributed by atoms with Gasteiger partial charge in [0.2, 0.25) is 0 Å². The Morgan fingerprint density at radius 3 is 2.95 bits per heavy atom. The smallest absolute Gasteiger partial charge is 0.179 e. The third-order valence-corrected chi connectivity index (χ3v) is 4.32. The summed E-state index contributed by atoms with van der Waals surface area (Å²) in [6.07, 6.45) is 3.54. The van der Waals surface area contributed by atoms with Crippen molar-refractivity contribution in [2.75, 3.05) is 12.4 Å². The number of aryl methyl sites for hydroxylation is 1. The molecule has 0 fully saturated rings. The van der Waals surface area contributed by atoms with E-state index in [0.29, 0.717) is 5.92 Å². The zero-order valence-corrected chi connectivity index (χ0v) is 12.1. The number of hydrogen-bond acceptors (Lipinski definition) is 3. The summed E-state index contributed by atoms with van der Waals surface area (Å²) in [6, 6.07) is 12.7. The number of anilines is 1. The second kappa shape index (κ2) is 4.88. The lowest BCUT2D eigenvalue weighted by atomic mass is 9.82. The molecule has 0 radical (unpaired) electrons. The van der Waals surface area contributed by atoms with Gasteiger partial charge in [-0.2, -0.15) is 0 Å². The number of imidazole rings is 1. The molecule has 0 saturated carbocycles. The maximum absolute atomic E-state index is 4.74. The minimum Gasteiger partial charge on any atom is -0.373 e. The molecule has 2 heterocycles. The second-order valence-electron chi connectivity index (χ2n) is 5.58. The third-order valence-electron chi connectivity index (χ3n) is 4.32. The predicted octanol–water partition coefficient (Wildman–Crippen LogP) is 3.47. The number of aromatic nitrogens is 3. The van der Waals surface area contributed by atoms with Crippen molar-refractivity contribution in [3.8, 4) is 0 Å². The van der Waals surface area contributed by atoms with Crippen LogP contribution in [0.15, 0.2) is 36.4 Å².